The van der Waals surface area contributed by atoms with Gasteiger partial charge in [-0.1, -0.05) is 30.3 Å². The molecule has 1 saturated heterocycles. The van der Waals surface area contributed by atoms with Crippen LogP contribution in [0, 0.1) is 5.82 Å². The van der Waals surface area contributed by atoms with Crippen molar-refractivity contribution in [2.45, 2.75) is 58.0 Å². The Morgan fingerprint density at radius 2 is 1.62 bits per heavy atom. The molecule has 2 aromatic rings. The van der Waals surface area contributed by atoms with E-state index in [1.54, 1.807) is 35.3 Å². The number of aromatic nitrogens is 2. The molecule has 5 unspecified atom stereocenters. The van der Waals surface area contributed by atoms with E-state index in [-0.39, 0.29) is 6.61 Å². The molecular formula is C24H26FN3O11. The van der Waals surface area contributed by atoms with Gasteiger partial charge in [-0.05, 0) is 5.56 Å². The molecule has 2 N–H and O–H groups in total. The lowest BCUT2D eigenvalue weighted by Crippen LogP contribution is -2.65. The van der Waals surface area contributed by atoms with Gasteiger partial charge in [0.2, 0.25) is 5.82 Å². The van der Waals surface area contributed by atoms with Gasteiger partial charge >= 0.3 is 29.7 Å². The van der Waals surface area contributed by atoms with Crippen LogP contribution in [0.3, 0.4) is 0 Å². The van der Waals surface area contributed by atoms with Crippen molar-refractivity contribution in [3.05, 3.63) is 68.7 Å². The van der Waals surface area contributed by atoms with Gasteiger partial charge in [-0.25, -0.2) is 9.59 Å². The number of hydrogen-bond donors (Lipinski definition) is 2. The van der Waals surface area contributed by atoms with Crippen LogP contribution in [0.2, 0.25) is 0 Å². The zero-order chi connectivity index (χ0) is 28.7. The lowest BCUT2D eigenvalue weighted by molar-refractivity contribution is -0.237. The lowest BCUT2D eigenvalue weighted by Gasteiger charge is -2.45. The van der Waals surface area contributed by atoms with Crippen molar-refractivity contribution in [2.75, 3.05) is 6.61 Å². The van der Waals surface area contributed by atoms with Crippen molar-refractivity contribution in [3.8, 4) is 0 Å². The molecule has 1 aromatic carbocycles. The van der Waals surface area contributed by atoms with Crippen LogP contribution in [0.1, 0.15) is 32.6 Å². The van der Waals surface area contributed by atoms with Crippen molar-refractivity contribution in [1.29, 1.82) is 0 Å². The van der Waals surface area contributed by atoms with Crippen molar-refractivity contribution in [3.63, 3.8) is 0 Å². The van der Waals surface area contributed by atoms with Gasteiger partial charge in [-0.15, -0.1) is 0 Å². The number of ether oxygens (including phenoxy) is 5. The van der Waals surface area contributed by atoms with Crippen LogP contribution >= 0.6 is 0 Å². The van der Waals surface area contributed by atoms with Gasteiger partial charge in [0, 0.05) is 20.8 Å². The number of nitrogens with zero attached hydrogens (tertiary/aromatic N) is 1. The van der Waals surface area contributed by atoms with Crippen LogP contribution in [0.15, 0.2) is 46.1 Å². The average molecular weight is 551 g/mol. The fourth-order valence-corrected chi connectivity index (χ4v) is 3.86. The van der Waals surface area contributed by atoms with Crippen molar-refractivity contribution >= 4 is 24.0 Å². The third kappa shape index (κ3) is 7.73. The third-order valence-electron chi connectivity index (χ3n) is 5.42. The van der Waals surface area contributed by atoms with E-state index in [9.17, 15) is 33.2 Å². The first kappa shape index (κ1) is 29.0. The molecule has 0 aliphatic carbocycles. The quantitative estimate of drug-likeness (QED) is 0.340. The zero-order valence-electron chi connectivity index (χ0n) is 21.1. The minimum atomic E-state index is -1.68. The largest absolute Gasteiger partial charge is 0.463 e. The Hall–Kier alpha value is -4.53. The maximum atomic E-state index is 14.2. The number of nitrogens with one attached hydrogen (secondary N) is 2. The smallest absolute Gasteiger partial charge is 0.407 e. The van der Waals surface area contributed by atoms with Crippen LogP contribution in [0.4, 0.5) is 9.18 Å². The van der Waals surface area contributed by atoms with E-state index in [4.69, 9.17) is 23.7 Å². The number of benzene rings is 1. The van der Waals surface area contributed by atoms with Crippen LogP contribution in [-0.4, -0.2) is 64.5 Å². The van der Waals surface area contributed by atoms with Crippen LogP contribution in [-0.2, 0) is 44.7 Å². The highest BCUT2D eigenvalue weighted by Gasteiger charge is 2.52. The summed E-state index contributed by atoms with van der Waals surface area (Å²) in [5.74, 6) is -3.83. The Labute approximate surface area is 219 Å². The molecule has 0 bridgehead atoms. The lowest BCUT2D eigenvalue weighted by atomic mass is 9.95. The summed E-state index contributed by atoms with van der Waals surface area (Å²) < 4.78 is 41.6. The second-order valence-electron chi connectivity index (χ2n) is 8.39. The SMILES string of the molecule is CC(=O)OCC1OC(n2cc(F)c(=O)[nH]c2=O)C(NC(=O)OCc2ccccc2)C(OC(C)=O)C1OC(C)=O. The summed E-state index contributed by atoms with van der Waals surface area (Å²) in [6, 6.07) is 7.06. The highest BCUT2D eigenvalue weighted by molar-refractivity contribution is 5.69. The van der Waals surface area contributed by atoms with E-state index in [0.29, 0.717) is 16.3 Å². The van der Waals surface area contributed by atoms with Gasteiger partial charge in [0.1, 0.15) is 25.4 Å². The molecule has 5 atom stereocenters. The van der Waals surface area contributed by atoms with E-state index in [2.05, 4.69) is 5.32 Å². The first-order chi connectivity index (χ1) is 18.5. The second-order valence-corrected chi connectivity index (χ2v) is 8.39. The molecule has 1 amide bonds. The molecule has 1 aromatic heterocycles. The molecular weight excluding hydrogens is 525 g/mol. The summed E-state index contributed by atoms with van der Waals surface area (Å²) in [6.07, 6.45) is -6.61. The summed E-state index contributed by atoms with van der Waals surface area (Å²) in [7, 11) is 0. The first-order valence-electron chi connectivity index (χ1n) is 11.6. The Bertz CT molecular complexity index is 1330. The van der Waals surface area contributed by atoms with E-state index in [1.807, 2.05) is 0 Å². The fourth-order valence-electron chi connectivity index (χ4n) is 3.86. The predicted octanol–water partition coefficient (Wildman–Crippen LogP) is 0.295. The summed E-state index contributed by atoms with van der Waals surface area (Å²) in [4.78, 5) is 74.3. The van der Waals surface area contributed by atoms with E-state index < -0.39 is 78.3 Å². The third-order valence-corrected chi connectivity index (χ3v) is 5.42. The number of hydrogen-bond acceptors (Lipinski definition) is 11. The number of aromatic amines is 1. The van der Waals surface area contributed by atoms with Crippen LogP contribution in [0.25, 0.3) is 0 Å². The molecule has 1 aliphatic rings. The molecule has 0 radical (unpaired) electrons. The maximum Gasteiger partial charge on any atom is 0.407 e. The summed E-state index contributed by atoms with van der Waals surface area (Å²) in [5.41, 5.74) is -1.82. The van der Waals surface area contributed by atoms with Gasteiger partial charge < -0.3 is 29.0 Å². The number of carbonyl (C=O) groups is 4. The number of halogens is 1. The van der Waals surface area contributed by atoms with Crippen molar-refractivity contribution in [1.82, 2.24) is 14.9 Å². The molecule has 1 aliphatic heterocycles. The zero-order valence-corrected chi connectivity index (χ0v) is 21.1. The molecule has 39 heavy (non-hydrogen) atoms. The van der Waals surface area contributed by atoms with Gasteiger partial charge in [-0.2, -0.15) is 4.39 Å². The molecule has 14 nitrogen and oxygen atoms in total. The average Bonchev–Trinajstić information content (AvgIpc) is 2.86. The monoisotopic (exact) mass is 551 g/mol. The molecule has 210 valence electrons. The van der Waals surface area contributed by atoms with E-state index in [1.165, 1.54) is 0 Å². The van der Waals surface area contributed by atoms with Gasteiger partial charge in [-0.3, -0.25) is 28.7 Å². The minimum absolute atomic E-state index is 0.168. The molecule has 0 spiro atoms. The normalized spacial score (nSPS) is 22.3. The molecule has 15 heteroatoms. The Balaban J connectivity index is 2.05. The fraction of sp³-hybridized carbons (Fsp3) is 0.417. The number of carbonyl (C=O) groups excluding carboxylic acids is 4. The highest BCUT2D eigenvalue weighted by Crippen LogP contribution is 2.32. The number of rotatable bonds is 8. The molecule has 1 fully saturated rings. The minimum Gasteiger partial charge on any atom is -0.463 e. The standard InChI is InChI=1S/C24H26FN3O11/c1-12(29)35-11-17-19(37-13(2)30)20(38-14(3)31)18(26-24(34)36-10-15-7-5-4-6-8-15)22(39-17)28-9-16(25)21(32)27-23(28)33/h4-9,17-20,22H,10-11H2,1-3H3,(H,26,34)(H,27,32,33). The van der Waals surface area contributed by atoms with Crippen molar-refractivity contribution < 1.29 is 47.3 Å². The van der Waals surface area contributed by atoms with Gasteiger partial charge in [0.15, 0.2) is 18.4 Å². The highest BCUT2D eigenvalue weighted by atomic mass is 19.1. The Kier molecular flexibility index (Phi) is 9.54. The Morgan fingerprint density at radius 3 is 2.23 bits per heavy atom. The number of esters is 3. The second kappa shape index (κ2) is 12.8. The van der Waals surface area contributed by atoms with E-state index in [0.717, 1.165) is 20.8 Å². The number of H-pyrrole nitrogens is 1. The molecule has 0 saturated carbocycles. The maximum absolute atomic E-state index is 14.2. The number of alkyl carbamates (subject to hydrolysis) is 1. The molecule has 3 rings (SSSR count). The summed E-state index contributed by atoms with van der Waals surface area (Å²) >= 11 is 0. The van der Waals surface area contributed by atoms with Crippen LogP contribution in [0.5, 0.6) is 0 Å². The topological polar surface area (TPSA) is 181 Å². The summed E-state index contributed by atoms with van der Waals surface area (Å²) in [5, 5.41) is 2.41. The van der Waals surface area contributed by atoms with Gasteiger partial charge in [0.05, 0.1) is 6.20 Å². The first-order valence-corrected chi connectivity index (χ1v) is 11.6. The summed E-state index contributed by atoms with van der Waals surface area (Å²) in [6.45, 7) is 2.47. The van der Waals surface area contributed by atoms with Crippen LogP contribution < -0.4 is 16.6 Å². The molecule has 2 heterocycles. The van der Waals surface area contributed by atoms with Crippen molar-refractivity contribution in [2.24, 2.45) is 0 Å². The van der Waals surface area contributed by atoms with E-state index >= 15 is 0 Å². The van der Waals surface area contributed by atoms with Gasteiger partial charge in [0.25, 0.3) is 5.56 Å². The Morgan fingerprint density at radius 1 is 0.974 bits per heavy atom. The number of amides is 1. The predicted molar refractivity (Wildman–Crippen MR) is 126 cm³/mol.